The fourth-order valence-corrected chi connectivity index (χ4v) is 5.78. The quantitative estimate of drug-likeness (QED) is 0.0601. The molecule has 46 heavy (non-hydrogen) atoms. The molecule has 0 aromatic heterocycles. The molecule has 7 nitrogen and oxygen atoms in total. The van der Waals surface area contributed by atoms with E-state index in [1.165, 1.54) is 40.0 Å². The molecule has 1 saturated heterocycles. The lowest BCUT2D eigenvalue weighted by Gasteiger charge is -2.20. The molecule has 1 fully saturated rings. The van der Waals surface area contributed by atoms with Gasteiger partial charge in [0, 0.05) is 6.07 Å². The first-order valence-electron chi connectivity index (χ1n) is 15.1. The molecule has 1 aliphatic rings. The summed E-state index contributed by atoms with van der Waals surface area (Å²) < 4.78 is 89.2. The van der Waals surface area contributed by atoms with Gasteiger partial charge in [-0.05, 0) is 81.1 Å². The fourth-order valence-electron chi connectivity index (χ4n) is 4.90. The Balaban J connectivity index is 0.000000738. The zero-order valence-electron chi connectivity index (χ0n) is 27.3. The smallest absolute Gasteiger partial charge is 0.203 e. The first kappa shape index (κ1) is 37.1. The van der Waals surface area contributed by atoms with Gasteiger partial charge < -0.3 is 33.7 Å². The second-order valence-corrected chi connectivity index (χ2v) is 11.7. The minimum atomic E-state index is -1.48. The zero-order valence-corrected chi connectivity index (χ0v) is 28.1. The van der Waals surface area contributed by atoms with E-state index in [2.05, 4.69) is 19.2 Å². The van der Waals surface area contributed by atoms with Crippen molar-refractivity contribution >= 4 is 11.8 Å². The first-order chi connectivity index (χ1) is 22.1. The molecule has 3 aromatic carbocycles. The minimum Gasteiger partial charge on any atom is -0.493 e. The molecule has 254 valence electrons. The summed E-state index contributed by atoms with van der Waals surface area (Å²) in [7, 11) is 6.11. The highest BCUT2D eigenvalue weighted by atomic mass is 32.2. The van der Waals surface area contributed by atoms with Crippen LogP contribution >= 0.6 is 11.8 Å². The highest BCUT2D eigenvalue weighted by molar-refractivity contribution is 7.99. The summed E-state index contributed by atoms with van der Waals surface area (Å²) in [5.74, 6) is -3.68. The molecule has 0 saturated carbocycles. The molecule has 4 rings (SSSR count). The second kappa shape index (κ2) is 18.1. The molecule has 0 spiro atoms. The van der Waals surface area contributed by atoms with Gasteiger partial charge in [0.25, 0.3) is 0 Å². The average molecular weight is 670 g/mol. The maximum absolute atomic E-state index is 14.1. The molecule has 3 unspecified atom stereocenters. The highest BCUT2D eigenvalue weighted by Gasteiger charge is 2.30. The Labute approximate surface area is 272 Å². The van der Waals surface area contributed by atoms with Gasteiger partial charge >= 0.3 is 0 Å². The van der Waals surface area contributed by atoms with E-state index in [9.17, 15) is 17.6 Å². The number of thioether (sulfide) groups is 1. The summed E-state index contributed by atoms with van der Waals surface area (Å²) in [6.07, 6.45) is 3.54. The molecule has 3 aromatic rings. The Hall–Kier alpha value is -3.35. The molecule has 0 radical (unpaired) electrons. The molecule has 0 amide bonds. The Morgan fingerprint density at radius 1 is 0.739 bits per heavy atom. The Bertz CT molecular complexity index is 1370. The van der Waals surface area contributed by atoms with E-state index in [4.69, 9.17) is 28.4 Å². The van der Waals surface area contributed by atoms with E-state index in [0.29, 0.717) is 34.8 Å². The summed E-state index contributed by atoms with van der Waals surface area (Å²) in [4.78, 5) is -0.798. The van der Waals surface area contributed by atoms with Gasteiger partial charge in [0.05, 0.1) is 45.5 Å². The van der Waals surface area contributed by atoms with E-state index in [1.54, 1.807) is 39.5 Å². The Kier molecular flexibility index (Phi) is 14.6. The molecule has 0 bridgehead atoms. The van der Waals surface area contributed by atoms with E-state index >= 15 is 0 Å². The maximum atomic E-state index is 14.1. The van der Waals surface area contributed by atoms with Gasteiger partial charge in [-0.15, -0.1) is 0 Å². The van der Waals surface area contributed by atoms with Crippen LogP contribution in [0.2, 0.25) is 0 Å². The van der Waals surface area contributed by atoms with Crippen LogP contribution in [0.15, 0.2) is 41.3 Å². The zero-order chi connectivity index (χ0) is 33.8. The van der Waals surface area contributed by atoms with Gasteiger partial charge in [0.2, 0.25) is 5.75 Å². The number of ether oxygens (including phenoxy) is 6. The van der Waals surface area contributed by atoms with E-state index in [-0.39, 0.29) is 24.0 Å². The number of rotatable bonds is 14. The number of hydrogen-bond donors (Lipinski definition) is 1. The van der Waals surface area contributed by atoms with E-state index in [0.717, 1.165) is 24.0 Å². The number of halogens is 4. The van der Waals surface area contributed by atoms with E-state index < -0.39 is 33.6 Å². The average Bonchev–Trinajstić information content (AvgIpc) is 3.56. The standard InChI is InChI=1S/C28H28F4O6S.C6H15N/c1-14(39-28-25(31)17(29)13-18(30)26(28)32)37-21-7-6-15(10-22(21)33-2)19-8-9-20(38-19)16-11-23(34-3)27(36-5)24(12-16)35-4;1-3-5-7-6-4-2/h6-7,10-14,19-20H,8-9H2,1-5H3;7H,3-6H2,1-2H3. The van der Waals surface area contributed by atoms with Crippen molar-refractivity contribution in [1.82, 2.24) is 5.32 Å². The number of nitrogens with one attached hydrogen (secondary N) is 1. The Morgan fingerprint density at radius 2 is 1.26 bits per heavy atom. The van der Waals surface area contributed by atoms with Crippen LogP contribution < -0.4 is 29.0 Å². The van der Waals surface area contributed by atoms with Gasteiger partial charge in [0.1, 0.15) is 5.44 Å². The molecular weight excluding hydrogens is 626 g/mol. The van der Waals surface area contributed by atoms with Crippen LogP contribution in [0.25, 0.3) is 0 Å². The van der Waals surface area contributed by atoms with Gasteiger partial charge in [-0.25, -0.2) is 17.6 Å². The van der Waals surface area contributed by atoms with Crippen LogP contribution in [0.3, 0.4) is 0 Å². The van der Waals surface area contributed by atoms with E-state index in [1.807, 2.05) is 12.1 Å². The van der Waals surface area contributed by atoms with Crippen LogP contribution in [0.5, 0.6) is 28.7 Å². The molecule has 0 aliphatic carbocycles. The molecule has 12 heteroatoms. The summed E-state index contributed by atoms with van der Waals surface area (Å²) in [5.41, 5.74) is 0.832. The number of hydrogen-bond acceptors (Lipinski definition) is 8. The lowest BCUT2D eigenvalue weighted by atomic mass is 10.0. The van der Waals surface area contributed by atoms with Gasteiger partial charge in [-0.2, -0.15) is 0 Å². The van der Waals surface area contributed by atoms with Crippen LogP contribution in [-0.2, 0) is 4.74 Å². The van der Waals surface area contributed by atoms with Gasteiger partial charge in [-0.3, -0.25) is 0 Å². The summed E-state index contributed by atoms with van der Waals surface area (Å²) in [6.45, 7) is 8.22. The van der Waals surface area contributed by atoms with Crippen LogP contribution in [0.1, 0.15) is 69.8 Å². The van der Waals surface area contributed by atoms with Crippen molar-refractivity contribution < 1.29 is 46.0 Å². The monoisotopic (exact) mass is 669 g/mol. The predicted octanol–water partition coefficient (Wildman–Crippen LogP) is 8.78. The predicted molar refractivity (Wildman–Crippen MR) is 171 cm³/mol. The van der Waals surface area contributed by atoms with Crippen molar-refractivity contribution in [2.45, 2.75) is 69.0 Å². The van der Waals surface area contributed by atoms with Gasteiger partial charge in [-0.1, -0.05) is 31.7 Å². The molecular formula is C34H43F4NO6S. The highest BCUT2D eigenvalue weighted by Crippen LogP contribution is 2.47. The van der Waals surface area contributed by atoms with Crippen molar-refractivity contribution in [2.24, 2.45) is 0 Å². The van der Waals surface area contributed by atoms with Crippen molar-refractivity contribution in [1.29, 1.82) is 0 Å². The third-order valence-electron chi connectivity index (χ3n) is 7.14. The Morgan fingerprint density at radius 3 is 1.76 bits per heavy atom. The second-order valence-electron chi connectivity index (χ2n) is 10.4. The first-order valence-corrected chi connectivity index (χ1v) is 16.0. The number of benzene rings is 3. The van der Waals surface area contributed by atoms with Crippen molar-refractivity contribution in [3.8, 4) is 28.7 Å². The maximum Gasteiger partial charge on any atom is 0.203 e. The topological polar surface area (TPSA) is 67.4 Å². The van der Waals surface area contributed by atoms with Crippen LogP contribution in [-0.4, -0.2) is 47.0 Å². The fraction of sp³-hybridized carbons (Fsp3) is 0.471. The normalized spacial score (nSPS) is 16.3. The minimum absolute atomic E-state index is 0.166. The SMILES string of the molecule is CCCNCCC.COc1cc(C2CCC(c3cc(OC)c(OC)c(OC)c3)O2)ccc1OC(C)Sc1c(F)c(F)cc(F)c1F. The largest absolute Gasteiger partial charge is 0.493 e. The van der Waals surface area contributed by atoms with Crippen LogP contribution in [0, 0.1) is 23.3 Å². The molecule has 3 atom stereocenters. The van der Waals surface area contributed by atoms with Gasteiger partial charge in [0.15, 0.2) is 46.3 Å². The van der Waals surface area contributed by atoms with Crippen molar-refractivity contribution in [3.05, 3.63) is 70.8 Å². The summed E-state index contributed by atoms with van der Waals surface area (Å²) in [5, 5.41) is 3.28. The third kappa shape index (κ3) is 9.36. The third-order valence-corrected chi connectivity index (χ3v) is 8.16. The molecule has 1 N–H and O–H groups in total. The lowest BCUT2D eigenvalue weighted by Crippen LogP contribution is -2.14. The molecule has 1 heterocycles. The molecule has 1 aliphatic heterocycles. The van der Waals surface area contributed by atoms with Crippen LogP contribution in [0.4, 0.5) is 17.6 Å². The summed E-state index contributed by atoms with van der Waals surface area (Å²) >= 11 is 0.513. The van der Waals surface area contributed by atoms with Crippen molar-refractivity contribution in [3.63, 3.8) is 0 Å². The number of methoxy groups -OCH3 is 4. The van der Waals surface area contributed by atoms with Crippen molar-refractivity contribution in [2.75, 3.05) is 41.5 Å². The lowest BCUT2D eigenvalue weighted by molar-refractivity contribution is 0.0436. The summed E-state index contributed by atoms with van der Waals surface area (Å²) in [6, 6.07) is 9.11.